The largest absolute Gasteiger partial charge is 0.350 e. The van der Waals surface area contributed by atoms with Gasteiger partial charge in [-0.2, -0.15) is 12.6 Å². The van der Waals surface area contributed by atoms with E-state index < -0.39 is 0 Å². The molecular formula is C12H11FN2O2S. The number of benzene rings is 1. The van der Waals surface area contributed by atoms with E-state index in [1.165, 1.54) is 18.2 Å². The molecule has 0 bridgehead atoms. The first-order valence-corrected chi connectivity index (χ1v) is 5.95. The zero-order valence-electron chi connectivity index (χ0n) is 9.39. The summed E-state index contributed by atoms with van der Waals surface area (Å²) in [5.74, 6) is -0.0942. The maximum absolute atomic E-state index is 13.0. The highest BCUT2D eigenvalue weighted by Crippen LogP contribution is 2.19. The Morgan fingerprint density at radius 2 is 2.28 bits per heavy atom. The minimum Gasteiger partial charge on any atom is -0.350 e. The van der Waals surface area contributed by atoms with Gasteiger partial charge < -0.3 is 9.84 Å². The number of hydrogen-bond acceptors (Lipinski definition) is 4. The Balaban J connectivity index is 2.17. The minimum absolute atomic E-state index is 0.0936. The molecule has 0 aliphatic rings. The van der Waals surface area contributed by atoms with Crippen LogP contribution in [-0.4, -0.2) is 23.4 Å². The summed E-state index contributed by atoms with van der Waals surface area (Å²) < 4.78 is 17.9. The number of halogens is 1. The third-order valence-corrected chi connectivity index (χ3v) is 2.48. The molecular weight excluding hydrogens is 255 g/mol. The average molecular weight is 266 g/mol. The zero-order valence-corrected chi connectivity index (χ0v) is 10.3. The summed E-state index contributed by atoms with van der Waals surface area (Å²) in [6.07, 6.45) is 0. The maximum Gasteiger partial charge on any atom is 0.289 e. The smallest absolute Gasteiger partial charge is 0.289 e. The number of carbonyl (C=O) groups excluding carboxylic acids is 1. The predicted octanol–water partition coefficient (Wildman–Crippen LogP) is 2.14. The van der Waals surface area contributed by atoms with E-state index in [-0.39, 0.29) is 17.5 Å². The molecule has 1 aromatic carbocycles. The zero-order chi connectivity index (χ0) is 13.0. The lowest BCUT2D eigenvalue weighted by Gasteiger charge is -1.97. The minimum atomic E-state index is -0.364. The predicted molar refractivity (Wildman–Crippen MR) is 68.1 cm³/mol. The number of hydrogen-bond donors (Lipinski definition) is 2. The molecule has 1 aromatic heterocycles. The summed E-state index contributed by atoms with van der Waals surface area (Å²) in [5, 5.41) is 6.34. The van der Waals surface area contributed by atoms with Gasteiger partial charge in [-0.25, -0.2) is 4.39 Å². The number of carbonyl (C=O) groups is 1. The quantitative estimate of drug-likeness (QED) is 0.834. The molecule has 1 amide bonds. The molecule has 6 heteroatoms. The van der Waals surface area contributed by atoms with E-state index in [9.17, 15) is 9.18 Å². The third-order valence-electron chi connectivity index (χ3n) is 2.25. The van der Waals surface area contributed by atoms with Gasteiger partial charge in [-0.15, -0.1) is 0 Å². The number of nitrogens with one attached hydrogen (secondary N) is 1. The Morgan fingerprint density at radius 1 is 1.44 bits per heavy atom. The van der Waals surface area contributed by atoms with E-state index >= 15 is 0 Å². The van der Waals surface area contributed by atoms with Crippen molar-refractivity contribution in [3.63, 3.8) is 0 Å². The van der Waals surface area contributed by atoms with Gasteiger partial charge in [0.15, 0.2) is 0 Å². The van der Waals surface area contributed by atoms with Gasteiger partial charge in [0.1, 0.15) is 11.5 Å². The Morgan fingerprint density at radius 3 is 3.00 bits per heavy atom. The van der Waals surface area contributed by atoms with E-state index in [0.29, 0.717) is 23.6 Å². The van der Waals surface area contributed by atoms with Crippen LogP contribution in [0.15, 0.2) is 34.9 Å². The highest BCUT2D eigenvalue weighted by atomic mass is 32.1. The van der Waals surface area contributed by atoms with Gasteiger partial charge in [0, 0.05) is 23.9 Å². The Bertz CT molecular complexity index is 557. The van der Waals surface area contributed by atoms with E-state index in [2.05, 4.69) is 23.1 Å². The van der Waals surface area contributed by atoms with Crippen molar-refractivity contribution >= 4 is 18.5 Å². The first-order chi connectivity index (χ1) is 8.70. The molecule has 1 N–H and O–H groups in total. The van der Waals surface area contributed by atoms with E-state index in [0.717, 1.165) is 0 Å². The van der Waals surface area contributed by atoms with Crippen molar-refractivity contribution < 1.29 is 13.7 Å². The van der Waals surface area contributed by atoms with Crippen LogP contribution >= 0.6 is 12.6 Å². The monoisotopic (exact) mass is 266 g/mol. The SMILES string of the molecule is O=C(NCCS)c1cc(-c2cccc(F)c2)no1. The topological polar surface area (TPSA) is 55.1 Å². The number of aromatic nitrogens is 1. The van der Waals surface area contributed by atoms with Crippen molar-refractivity contribution in [1.29, 1.82) is 0 Å². The molecule has 0 saturated carbocycles. The van der Waals surface area contributed by atoms with Crippen molar-refractivity contribution in [1.82, 2.24) is 10.5 Å². The lowest BCUT2D eigenvalue weighted by Crippen LogP contribution is -2.24. The fourth-order valence-corrected chi connectivity index (χ4v) is 1.53. The van der Waals surface area contributed by atoms with Crippen molar-refractivity contribution in [3.8, 4) is 11.3 Å². The summed E-state index contributed by atoms with van der Waals surface area (Å²) in [7, 11) is 0. The van der Waals surface area contributed by atoms with Crippen LogP contribution in [0.1, 0.15) is 10.6 Å². The summed E-state index contributed by atoms with van der Waals surface area (Å²) >= 11 is 3.98. The summed E-state index contributed by atoms with van der Waals surface area (Å²) in [6, 6.07) is 7.40. The number of thiol groups is 1. The summed E-state index contributed by atoms with van der Waals surface area (Å²) in [4.78, 5) is 11.6. The Kier molecular flexibility index (Phi) is 3.99. The second-order valence-electron chi connectivity index (χ2n) is 3.57. The molecule has 0 fully saturated rings. The van der Waals surface area contributed by atoms with Crippen LogP contribution in [-0.2, 0) is 0 Å². The van der Waals surface area contributed by atoms with Crippen molar-refractivity contribution in [2.45, 2.75) is 0 Å². The number of amides is 1. The average Bonchev–Trinajstić information content (AvgIpc) is 2.85. The summed E-state index contributed by atoms with van der Waals surface area (Å²) in [6.45, 7) is 0.442. The summed E-state index contributed by atoms with van der Waals surface area (Å²) in [5.41, 5.74) is 0.984. The Hall–Kier alpha value is -1.82. The lowest BCUT2D eigenvalue weighted by atomic mass is 10.1. The van der Waals surface area contributed by atoms with Gasteiger partial charge in [-0.05, 0) is 12.1 Å². The molecule has 4 nitrogen and oxygen atoms in total. The van der Waals surface area contributed by atoms with Crippen LogP contribution in [0, 0.1) is 5.82 Å². The molecule has 0 spiro atoms. The van der Waals surface area contributed by atoms with Crippen molar-refractivity contribution in [2.75, 3.05) is 12.3 Å². The molecule has 2 aromatic rings. The van der Waals surface area contributed by atoms with E-state index in [1.54, 1.807) is 12.1 Å². The first kappa shape index (κ1) is 12.6. The van der Waals surface area contributed by atoms with Gasteiger partial charge in [-0.1, -0.05) is 17.3 Å². The number of nitrogens with zero attached hydrogens (tertiary/aromatic N) is 1. The van der Waals surface area contributed by atoms with Crippen LogP contribution < -0.4 is 5.32 Å². The fraction of sp³-hybridized carbons (Fsp3) is 0.167. The normalized spacial score (nSPS) is 10.3. The standard InChI is InChI=1S/C12H11FN2O2S/c13-9-3-1-2-8(6-9)10-7-11(17-15-10)12(16)14-4-5-18/h1-3,6-7,18H,4-5H2,(H,14,16). The second-order valence-corrected chi connectivity index (χ2v) is 4.01. The van der Waals surface area contributed by atoms with Crippen LogP contribution in [0.2, 0.25) is 0 Å². The molecule has 0 aliphatic heterocycles. The molecule has 0 aliphatic carbocycles. The molecule has 2 rings (SSSR count). The Labute approximate surface area is 109 Å². The van der Waals surface area contributed by atoms with Crippen molar-refractivity contribution in [2.24, 2.45) is 0 Å². The van der Waals surface area contributed by atoms with Gasteiger partial charge in [0.2, 0.25) is 5.76 Å². The van der Waals surface area contributed by atoms with Crippen LogP contribution in [0.25, 0.3) is 11.3 Å². The highest BCUT2D eigenvalue weighted by Gasteiger charge is 2.13. The second kappa shape index (κ2) is 5.68. The van der Waals surface area contributed by atoms with Gasteiger partial charge in [0.05, 0.1) is 0 Å². The molecule has 0 radical (unpaired) electrons. The lowest BCUT2D eigenvalue weighted by molar-refractivity contribution is 0.0919. The van der Waals surface area contributed by atoms with Gasteiger partial charge in [0.25, 0.3) is 5.91 Å². The molecule has 94 valence electrons. The van der Waals surface area contributed by atoms with Crippen LogP contribution in [0.4, 0.5) is 4.39 Å². The number of rotatable bonds is 4. The van der Waals surface area contributed by atoms with Gasteiger partial charge in [-0.3, -0.25) is 4.79 Å². The van der Waals surface area contributed by atoms with Crippen molar-refractivity contribution in [3.05, 3.63) is 41.9 Å². The third kappa shape index (κ3) is 2.89. The van der Waals surface area contributed by atoms with Crippen LogP contribution in [0.3, 0.4) is 0 Å². The molecule has 1 heterocycles. The molecule has 0 unspecified atom stereocenters. The molecule has 18 heavy (non-hydrogen) atoms. The maximum atomic E-state index is 13.0. The fourth-order valence-electron chi connectivity index (χ4n) is 1.42. The van der Waals surface area contributed by atoms with E-state index in [1.807, 2.05) is 0 Å². The molecule has 0 atom stereocenters. The van der Waals surface area contributed by atoms with E-state index in [4.69, 9.17) is 4.52 Å². The van der Waals surface area contributed by atoms with Gasteiger partial charge >= 0.3 is 0 Å². The molecule has 0 saturated heterocycles. The highest BCUT2D eigenvalue weighted by molar-refractivity contribution is 7.80. The first-order valence-electron chi connectivity index (χ1n) is 5.32. The van der Waals surface area contributed by atoms with Crippen LogP contribution in [0.5, 0.6) is 0 Å².